The van der Waals surface area contributed by atoms with Gasteiger partial charge in [-0.2, -0.15) is 5.10 Å². The zero-order valence-electron chi connectivity index (χ0n) is 13.1. The summed E-state index contributed by atoms with van der Waals surface area (Å²) in [6, 6.07) is 13.4. The molecule has 0 aromatic heterocycles. The van der Waals surface area contributed by atoms with Crippen molar-refractivity contribution in [1.82, 2.24) is 10.7 Å². The van der Waals surface area contributed by atoms with Crippen LogP contribution in [0.2, 0.25) is 0 Å². The van der Waals surface area contributed by atoms with Crippen LogP contribution < -0.4 is 25.0 Å². The second-order valence-corrected chi connectivity index (χ2v) is 5.39. The first-order valence-corrected chi connectivity index (χ1v) is 7.75. The Morgan fingerprint density at radius 3 is 2.96 bits per heavy atom. The molecule has 0 aliphatic carbocycles. The fourth-order valence-electron chi connectivity index (χ4n) is 2.21. The predicted octanol–water partition coefficient (Wildman–Crippen LogP) is 2.42. The molecule has 0 bridgehead atoms. The summed E-state index contributed by atoms with van der Waals surface area (Å²) < 4.78 is 15.9. The molecule has 1 heterocycles. The van der Waals surface area contributed by atoms with Crippen molar-refractivity contribution in [2.24, 2.45) is 5.10 Å². The van der Waals surface area contributed by atoms with Gasteiger partial charge in [0.25, 0.3) is 0 Å². The smallest absolute Gasteiger partial charge is 0.231 e. The zero-order chi connectivity index (χ0) is 16.8. The largest absolute Gasteiger partial charge is 0.496 e. The minimum absolute atomic E-state index is 0.268. The molecule has 1 aliphatic heterocycles. The molecule has 24 heavy (non-hydrogen) atoms. The molecule has 1 aliphatic rings. The van der Waals surface area contributed by atoms with Gasteiger partial charge in [0.05, 0.1) is 13.3 Å². The second-order valence-electron chi connectivity index (χ2n) is 4.98. The Morgan fingerprint density at radius 1 is 1.25 bits per heavy atom. The lowest BCUT2D eigenvalue weighted by atomic mass is 10.2. The summed E-state index contributed by atoms with van der Waals surface area (Å²) in [5.41, 5.74) is 4.69. The first kappa shape index (κ1) is 16.1. The summed E-state index contributed by atoms with van der Waals surface area (Å²) >= 11 is 5.21. The monoisotopic (exact) mass is 343 g/mol. The maximum Gasteiger partial charge on any atom is 0.231 e. The number of rotatable bonds is 5. The molecule has 3 rings (SSSR count). The molecule has 0 saturated heterocycles. The number of fused-ring (bicyclic) bond motifs is 1. The van der Waals surface area contributed by atoms with E-state index in [2.05, 4.69) is 15.8 Å². The maximum atomic E-state index is 5.35. The Hall–Kier alpha value is -2.80. The quantitative estimate of drug-likeness (QED) is 0.494. The van der Waals surface area contributed by atoms with E-state index >= 15 is 0 Å². The van der Waals surface area contributed by atoms with Crippen molar-refractivity contribution in [1.29, 1.82) is 0 Å². The van der Waals surface area contributed by atoms with Crippen molar-refractivity contribution in [3.05, 3.63) is 53.6 Å². The summed E-state index contributed by atoms with van der Waals surface area (Å²) in [5.74, 6) is 2.27. The van der Waals surface area contributed by atoms with Crippen molar-refractivity contribution in [3.63, 3.8) is 0 Å². The number of ether oxygens (including phenoxy) is 3. The van der Waals surface area contributed by atoms with Crippen molar-refractivity contribution >= 4 is 23.5 Å². The van der Waals surface area contributed by atoms with Gasteiger partial charge in [0.15, 0.2) is 16.6 Å². The molecule has 0 saturated carbocycles. The molecule has 2 N–H and O–H groups in total. The first-order valence-electron chi connectivity index (χ1n) is 7.35. The van der Waals surface area contributed by atoms with Crippen LogP contribution in [0.1, 0.15) is 11.1 Å². The average molecular weight is 343 g/mol. The SMILES string of the molecule is COc1ccccc1/C=N\NC(=S)NCc1ccc2c(c1)OCO2. The van der Waals surface area contributed by atoms with Gasteiger partial charge >= 0.3 is 0 Å². The third kappa shape index (κ3) is 3.94. The van der Waals surface area contributed by atoms with Gasteiger partial charge in [-0.1, -0.05) is 18.2 Å². The van der Waals surface area contributed by atoms with Crippen molar-refractivity contribution in [2.75, 3.05) is 13.9 Å². The first-order chi connectivity index (χ1) is 11.8. The minimum Gasteiger partial charge on any atom is -0.496 e. The lowest BCUT2D eigenvalue weighted by Crippen LogP contribution is -2.31. The zero-order valence-corrected chi connectivity index (χ0v) is 13.9. The van der Waals surface area contributed by atoms with Crippen LogP contribution in [-0.4, -0.2) is 25.2 Å². The second kappa shape index (κ2) is 7.65. The van der Waals surface area contributed by atoms with E-state index in [0.717, 1.165) is 28.4 Å². The van der Waals surface area contributed by atoms with Gasteiger partial charge in [-0.3, -0.25) is 5.43 Å². The van der Waals surface area contributed by atoms with E-state index < -0.39 is 0 Å². The predicted molar refractivity (Wildman–Crippen MR) is 95.7 cm³/mol. The highest BCUT2D eigenvalue weighted by atomic mass is 32.1. The summed E-state index contributed by atoms with van der Waals surface area (Å²) in [7, 11) is 1.62. The molecule has 0 fully saturated rings. The Balaban J connectivity index is 1.50. The summed E-state index contributed by atoms with van der Waals surface area (Å²) in [6.45, 7) is 0.830. The van der Waals surface area contributed by atoms with Crippen molar-refractivity contribution in [2.45, 2.75) is 6.54 Å². The number of hydrogen-bond donors (Lipinski definition) is 2. The number of benzene rings is 2. The van der Waals surface area contributed by atoms with Crippen LogP contribution in [0.25, 0.3) is 0 Å². The van der Waals surface area contributed by atoms with E-state index in [1.54, 1.807) is 13.3 Å². The molecule has 7 heteroatoms. The van der Waals surface area contributed by atoms with Crippen LogP contribution >= 0.6 is 12.2 Å². The van der Waals surface area contributed by atoms with Gasteiger partial charge in [0.2, 0.25) is 6.79 Å². The fraction of sp³-hybridized carbons (Fsp3) is 0.176. The molecule has 2 aromatic rings. The summed E-state index contributed by atoms with van der Waals surface area (Å²) in [4.78, 5) is 0. The van der Waals surface area contributed by atoms with Crippen LogP contribution in [0, 0.1) is 0 Å². The third-order valence-corrected chi connectivity index (χ3v) is 3.63. The number of methoxy groups -OCH3 is 1. The topological polar surface area (TPSA) is 64.1 Å². The molecule has 0 radical (unpaired) electrons. The van der Waals surface area contributed by atoms with Crippen LogP contribution in [0.3, 0.4) is 0 Å². The number of hydrogen-bond acceptors (Lipinski definition) is 5. The molecule has 2 aromatic carbocycles. The Labute approximate surface area is 145 Å². The van der Waals surface area contributed by atoms with Gasteiger partial charge in [-0.25, -0.2) is 0 Å². The Morgan fingerprint density at radius 2 is 2.08 bits per heavy atom. The van der Waals surface area contributed by atoms with Gasteiger partial charge < -0.3 is 19.5 Å². The Kier molecular flexibility index (Phi) is 5.12. The molecule has 0 spiro atoms. The minimum atomic E-state index is 0.268. The number of thiocarbonyl (C=S) groups is 1. The number of nitrogens with zero attached hydrogens (tertiary/aromatic N) is 1. The standard InChI is InChI=1S/C17H17N3O3S/c1-21-14-5-3-2-4-13(14)10-19-20-17(24)18-9-12-6-7-15-16(8-12)23-11-22-15/h2-8,10H,9,11H2,1H3,(H2,18,20,24)/b19-10-. The molecule has 0 amide bonds. The number of hydrazone groups is 1. The van der Waals surface area contributed by atoms with Crippen LogP contribution in [0.4, 0.5) is 0 Å². The van der Waals surface area contributed by atoms with Gasteiger partial charge in [-0.15, -0.1) is 0 Å². The normalized spacial score (nSPS) is 12.2. The number of para-hydroxylation sites is 1. The van der Waals surface area contributed by atoms with Gasteiger partial charge in [0.1, 0.15) is 5.75 Å². The molecule has 124 valence electrons. The molecule has 0 unspecified atom stereocenters. The molecule has 0 atom stereocenters. The molecule has 6 nitrogen and oxygen atoms in total. The van der Waals surface area contributed by atoms with Gasteiger partial charge in [0, 0.05) is 12.1 Å². The van der Waals surface area contributed by atoms with E-state index in [0.29, 0.717) is 11.7 Å². The van der Waals surface area contributed by atoms with Crippen LogP contribution in [0.15, 0.2) is 47.6 Å². The highest BCUT2D eigenvalue weighted by molar-refractivity contribution is 7.80. The van der Waals surface area contributed by atoms with Crippen molar-refractivity contribution in [3.8, 4) is 17.2 Å². The average Bonchev–Trinajstić information content (AvgIpc) is 3.08. The fourth-order valence-corrected chi connectivity index (χ4v) is 2.33. The van der Waals surface area contributed by atoms with E-state index in [9.17, 15) is 0 Å². The van der Waals surface area contributed by atoms with E-state index in [-0.39, 0.29) is 6.79 Å². The maximum absolute atomic E-state index is 5.35. The lowest BCUT2D eigenvalue weighted by molar-refractivity contribution is 0.174. The summed E-state index contributed by atoms with van der Waals surface area (Å²) in [6.07, 6.45) is 1.66. The van der Waals surface area contributed by atoms with Crippen LogP contribution in [0.5, 0.6) is 17.2 Å². The highest BCUT2D eigenvalue weighted by Crippen LogP contribution is 2.32. The third-order valence-electron chi connectivity index (χ3n) is 3.40. The summed E-state index contributed by atoms with van der Waals surface area (Å²) in [5, 5.41) is 7.63. The lowest BCUT2D eigenvalue weighted by Gasteiger charge is -2.08. The molecular weight excluding hydrogens is 326 g/mol. The van der Waals surface area contributed by atoms with Gasteiger partial charge in [-0.05, 0) is 42.0 Å². The van der Waals surface area contributed by atoms with E-state index in [1.807, 2.05) is 42.5 Å². The van der Waals surface area contributed by atoms with E-state index in [4.69, 9.17) is 26.4 Å². The Bertz CT molecular complexity index is 764. The van der Waals surface area contributed by atoms with E-state index in [1.165, 1.54) is 0 Å². The van der Waals surface area contributed by atoms with Crippen LogP contribution in [-0.2, 0) is 6.54 Å². The van der Waals surface area contributed by atoms with Crippen molar-refractivity contribution < 1.29 is 14.2 Å². The molecular formula is C17H17N3O3S. The highest BCUT2D eigenvalue weighted by Gasteiger charge is 2.12. The number of nitrogens with one attached hydrogen (secondary N) is 2.